The highest BCUT2D eigenvalue weighted by atomic mass is 16.1. The number of anilines is 1. The quantitative estimate of drug-likeness (QED) is 0.818. The van der Waals surface area contributed by atoms with E-state index in [0.717, 1.165) is 30.0 Å². The van der Waals surface area contributed by atoms with Gasteiger partial charge in [0.25, 0.3) is 0 Å². The Balaban J connectivity index is 1.76. The molecule has 0 aromatic heterocycles. The fourth-order valence-electron chi connectivity index (χ4n) is 4.53. The molecule has 1 aromatic rings. The third-order valence-corrected chi connectivity index (χ3v) is 6.18. The molecule has 0 atom stereocenters. The normalized spacial score (nSPS) is 25.0. The summed E-state index contributed by atoms with van der Waals surface area (Å²) in [6.07, 6.45) is 10.6. The Morgan fingerprint density at radius 1 is 1.00 bits per heavy atom. The molecule has 0 amide bonds. The van der Waals surface area contributed by atoms with Gasteiger partial charge in [0, 0.05) is 17.0 Å². The van der Waals surface area contributed by atoms with Crippen molar-refractivity contribution >= 4 is 17.3 Å². The van der Waals surface area contributed by atoms with Gasteiger partial charge in [0.05, 0.1) is 11.3 Å². The van der Waals surface area contributed by atoms with Crippen LogP contribution in [0.4, 0.5) is 5.69 Å². The zero-order valence-corrected chi connectivity index (χ0v) is 16.2. The molecule has 4 nitrogen and oxygen atoms in total. The molecule has 144 valence electrons. The van der Waals surface area contributed by atoms with Crippen LogP contribution in [0.15, 0.2) is 76.7 Å². The number of hydrogen-bond acceptors (Lipinski definition) is 4. The summed E-state index contributed by atoms with van der Waals surface area (Å²) in [6, 6.07) is 9.62. The van der Waals surface area contributed by atoms with E-state index >= 15 is 0 Å². The predicted octanol–water partition coefficient (Wildman–Crippen LogP) is 4.43. The molecule has 0 bridgehead atoms. The second-order valence-corrected chi connectivity index (χ2v) is 7.86. The maximum Gasteiger partial charge on any atom is 0.212 e. The largest absolute Gasteiger partial charge is 0.398 e. The number of allylic oxidation sites excluding steroid dienone is 6. The number of hydrogen-bond donors (Lipinski definition) is 2. The van der Waals surface area contributed by atoms with Crippen molar-refractivity contribution in [3.05, 3.63) is 76.7 Å². The predicted molar refractivity (Wildman–Crippen MR) is 111 cm³/mol. The maximum absolute atomic E-state index is 13.2. The van der Waals surface area contributed by atoms with Crippen LogP contribution in [-0.4, -0.2) is 11.6 Å². The molecule has 3 N–H and O–H groups in total. The first-order valence-electron chi connectivity index (χ1n) is 10.1. The number of nitrogens with two attached hydrogens (primary N) is 1. The monoisotopic (exact) mass is 374 g/mol. The molecule has 1 saturated carbocycles. The second-order valence-electron chi connectivity index (χ2n) is 7.86. The number of rotatable bonds is 4. The highest BCUT2D eigenvalue weighted by molar-refractivity contribution is 6.25. The van der Waals surface area contributed by atoms with Crippen LogP contribution in [0, 0.1) is 11.8 Å². The number of benzene rings is 1. The standard InChI is InChI=1S/C24H26N2O2/c1-2-15-8-10-16(11-9-15)18-14-20(26-17-6-4-3-5-7-17)24(28)23-19(25)12-13-21(27)22(18)23/h3-7,12-16,26H,2,8-11,25H2,1H3. The Hall–Kier alpha value is -2.88. The van der Waals surface area contributed by atoms with E-state index < -0.39 is 0 Å². The van der Waals surface area contributed by atoms with Crippen molar-refractivity contribution in [1.29, 1.82) is 0 Å². The lowest BCUT2D eigenvalue weighted by Gasteiger charge is -2.33. The third-order valence-electron chi connectivity index (χ3n) is 6.18. The molecule has 4 heteroatoms. The van der Waals surface area contributed by atoms with Crippen LogP contribution in [0.2, 0.25) is 0 Å². The summed E-state index contributed by atoms with van der Waals surface area (Å²) in [4.78, 5) is 25.9. The van der Waals surface area contributed by atoms with E-state index in [1.807, 2.05) is 36.4 Å². The van der Waals surface area contributed by atoms with Crippen molar-refractivity contribution in [3.8, 4) is 0 Å². The molecule has 0 spiro atoms. The van der Waals surface area contributed by atoms with Crippen molar-refractivity contribution in [3.63, 3.8) is 0 Å². The van der Waals surface area contributed by atoms with Crippen LogP contribution >= 0.6 is 0 Å². The van der Waals surface area contributed by atoms with Crippen molar-refractivity contribution in [2.45, 2.75) is 39.0 Å². The van der Waals surface area contributed by atoms with Crippen molar-refractivity contribution in [2.24, 2.45) is 17.6 Å². The minimum Gasteiger partial charge on any atom is -0.398 e. The molecule has 1 fully saturated rings. The van der Waals surface area contributed by atoms with E-state index in [4.69, 9.17) is 5.73 Å². The van der Waals surface area contributed by atoms with Gasteiger partial charge in [-0.1, -0.05) is 31.5 Å². The van der Waals surface area contributed by atoms with Crippen molar-refractivity contribution < 1.29 is 9.59 Å². The van der Waals surface area contributed by atoms with Gasteiger partial charge in [0.1, 0.15) is 0 Å². The average molecular weight is 374 g/mol. The van der Waals surface area contributed by atoms with Crippen LogP contribution in [0.5, 0.6) is 0 Å². The molecule has 0 heterocycles. The number of para-hydroxylation sites is 1. The molecule has 4 rings (SSSR count). The van der Waals surface area contributed by atoms with Gasteiger partial charge in [-0.25, -0.2) is 0 Å². The van der Waals surface area contributed by atoms with E-state index in [-0.39, 0.29) is 17.5 Å². The van der Waals surface area contributed by atoms with E-state index in [0.29, 0.717) is 22.5 Å². The summed E-state index contributed by atoms with van der Waals surface area (Å²) in [5, 5.41) is 3.24. The Morgan fingerprint density at radius 2 is 1.71 bits per heavy atom. The fraction of sp³-hybridized carbons (Fsp3) is 0.333. The molecule has 3 aliphatic rings. The maximum atomic E-state index is 13.2. The van der Waals surface area contributed by atoms with E-state index in [1.54, 1.807) is 6.08 Å². The Kier molecular flexibility index (Phi) is 5.03. The van der Waals surface area contributed by atoms with E-state index in [2.05, 4.69) is 12.2 Å². The lowest BCUT2D eigenvalue weighted by atomic mass is 9.72. The molecule has 1 aromatic carbocycles. The van der Waals surface area contributed by atoms with Gasteiger partial charge in [-0.2, -0.15) is 0 Å². The minimum atomic E-state index is -0.208. The van der Waals surface area contributed by atoms with Gasteiger partial charge >= 0.3 is 0 Å². The number of fused-ring (bicyclic) bond motifs is 1. The van der Waals surface area contributed by atoms with Gasteiger partial charge < -0.3 is 11.1 Å². The molecule has 0 aliphatic heterocycles. The van der Waals surface area contributed by atoms with Crippen molar-refractivity contribution in [1.82, 2.24) is 0 Å². The number of Topliss-reactive ketones (excluding diaryl/α,β-unsaturated/α-hetero) is 1. The zero-order valence-electron chi connectivity index (χ0n) is 16.2. The lowest BCUT2D eigenvalue weighted by Crippen LogP contribution is -2.30. The molecule has 28 heavy (non-hydrogen) atoms. The molecule has 3 aliphatic carbocycles. The Morgan fingerprint density at radius 3 is 2.39 bits per heavy atom. The molecule has 0 radical (unpaired) electrons. The van der Waals surface area contributed by atoms with Gasteiger partial charge in [-0.15, -0.1) is 0 Å². The van der Waals surface area contributed by atoms with Crippen LogP contribution in [-0.2, 0) is 9.59 Å². The third kappa shape index (κ3) is 3.35. The topological polar surface area (TPSA) is 72.2 Å². The van der Waals surface area contributed by atoms with E-state index in [1.165, 1.54) is 25.3 Å². The number of carbonyl (C=O) groups excluding carboxylic acids is 2. The molecular formula is C24H26N2O2. The first-order valence-corrected chi connectivity index (χ1v) is 10.1. The first-order chi connectivity index (χ1) is 13.6. The van der Waals surface area contributed by atoms with E-state index in [9.17, 15) is 9.59 Å². The second kappa shape index (κ2) is 7.63. The summed E-state index contributed by atoms with van der Waals surface area (Å²) < 4.78 is 0. The number of nitrogens with one attached hydrogen (secondary N) is 1. The lowest BCUT2D eigenvalue weighted by molar-refractivity contribution is -0.114. The average Bonchev–Trinajstić information content (AvgIpc) is 2.73. The highest BCUT2D eigenvalue weighted by Crippen LogP contribution is 2.41. The van der Waals surface area contributed by atoms with Gasteiger partial charge in [0.15, 0.2) is 5.78 Å². The fourth-order valence-corrected chi connectivity index (χ4v) is 4.53. The summed E-state index contributed by atoms with van der Waals surface area (Å²) in [5.41, 5.74) is 9.72. The summed E-state index contributed by atoms with van der Waals surface area (Å²) in [7, 11) is 0. The SMILES string of the molecule is CCC1CCC(C2=C3C(=O)C=CC(N)=C3C(=O)C(Nc3ccccc3)=C2)CC1. The van der Waals surface area contributed by atoms with Crippen LogP contribution in [0.1, 0.15) is 39.0 Å². The van der Waals surface area contributed by atoms with Gasteiger partial charge in [-0.3, -0.25) is 9.59 Å². The van der Waals surface area contributed by atoms with Gasteiger partial charge in [-0.05, 0) is 73.5 Å². The number of ketones is 2. The Labute approximate surface area is 165 Å². The summed E-state index contributed by atoms with van der Waals surface area (Å²) >= 11 is 0. The Bertz CT molecular complexity index is 927. The molecule has 0 saturated heterocycles. The minimum absolute atomic E-state index is 0.111. The first kappa shape index (κ1) is 18.5. The van der Waals surface area contributed by atoms with Gasteiger partial charge in [0.2, 0.25) is 5.78 Å². The highest BCUT2D eigenvalue weighted by Gasteiger charge is 2.36. The smallest absolute Gasteiger partial charge is 0.212 e. The molecular weight excluding hydrogens is 348 g/mol. The van der Waals surface area contributed by atoms with Crippen LogP contribution in [0.3, 0.4) is 0 Å². The number of carbonyl (C=O) groups is 2. The molecule has 0 unspecified atom stereocenters. The summed E-state index contributed by atoms with van der Waals surface area (Å²) in [5.74, 6) is 0.733. The summed E-state index contributed by atoms with van der Waals surface area (Å²) in [6.45, 7) is 2.24. The van der Waals surface area contributed by atoms with Crippen LogP contribution < -0.4 is 11.1 Å². The zero-order chi connectivity index (χ0) is 19.7. The van der Waals surface area contributed by atoms with Crippen molar-refractivity contribution in [2.75, 3.05) is 5.32 Å². The van der Waals surface area contributed by atoms with Crippen LogP contribution in [0.25, 0.3) is 0 Å².